The summed E-state index contributed by atoms with van der Waals surface area (Å²) in [6.07, 6.45) is -4.47. The molecule has 0 saturated heterocycles. The first-order valence-corrected chi connectivity index (χ1v) is 10.7. The molecule has 2 aromatic rings. The van der Waals surface area contributed by atoms with E-state index in [9.17, 15) is 31.2 Å². The van der Waals surface area contributed by atoms with E-state index in [1.807, 2.05) is 0 Å². The Bertz CT molecular complexity index is 1050. The van der Waals surface area contributed by atoms with E-state index in [0.717, 1.165) is 0 Å². The molecule has 2 aromatic carbocycles. The topological polar surface area (TPSA) is 104 Å². The number of sulfonamides is 1. The van der Waals surface area contributed by atoms with Crippen LogP contribution in [0.1, 0.15) is 24.5 Å². The first-order chi connectivity index (χ1) is 14.4. The summed E-state index contributed by atoms with van der Waals surface area (Å²) in [7, 11) is -3.92. The molecule has 3 N–H and O–H groups in total. The largest absolute Gasteiger partial charge is 0.405 e. The Kier molecular flexibility index (Phi) is 7.66. The first-order valence-electron chi connectivity index (χ1n) is 9.25. The smallest absolute Gasteiger partial charge is 0.347 e. The van der Waals surface area contributed by atoms with Crippen LogP contribution in [0.2, 0.25) is 0 Å². The molecule has 0 aromatic heterocycles. The van der Waals surface area contributed by atoms with Crippen LogP contribution in [0.4, 0.5) is 24.5 Å². The van der Waals surface area contributed by atoms with Gasteiger partial charge in [-0.05, 0) is 48.4 Å². The molecule has 7 nitrogen and oxygen atoms in total. The standard InChI is InChI=1S/C20H22F3N3O4S/c1-3-18(27)25-16-8-9-17(13(2)10-16)31(29,30)26-15-6-4-14(5-7-15)11-19(28)24-12-20(21,22)23/h4-10,26H,3,11-12H2,1-2H3,(H,24,28)(H,25,27). The second kappa shape index (κ2) is 9.82. The highest BCUT2D eigenvalue weighted by molar-refractivity contribution is 7.92. The minimum atomic E-state index is -4.49. The zero-order chi connectivity index (χ0) is 23.2. The van der Waals surface area contributed by atoms with Gasteiger partial charge in [0.05, 0.1) is 11.3 Å². The van der Waals surface area contributed by atoms with Gasteiger partial charge in [-0.15, -0.1) is 0 Å². The second-order valence-corrected chi connectivity index (χ2v) is 8.40. The van der Waals surface area contributed by atoms with Crippen LogP contribution in [0.3, 0.4) is 0 Å². The van der Waals surface area contributed by atoms with Gasteiger partial charge < -0.3 is 10.6 Å². The highest BCUT2D eigenvalue weighted by Gasteiger charge is 2.27. The van der Waals surface area contributed by atoms with E-state index in [1.54, 1.807) is 25.2 Å². The Morgan fingerprint density at radius 3 is 2.13 bits per heavy atom. The van der Waals surface area contributed by atoms with Crippen LogP contribution < -0.4 is 15.4 Å². The predicted octanol–water partition coefficient (Wildman–Crippen LogP) is 3.37. The van der Waals surface area contributed by atoms with Crippen molar-refractivity contribution >= 4 is 33.2 Å². The van der Waals surface area contributed by atoms with E-state index in [1.165, 1.54) is 36.4 Å². The van der Waals surface area contributed by atoms with Crippen LogP contribution >= 0.6 is 0 Å². The summed E-state index contributed by atoms with van der Waals surface area (Å²) in [5, 5.41) is 4.42. The number of benzene rings is 2. The molecule has 2 rings (SSSR count). The van der Waals surface area contributed by atoms with Crippen LogP contribution in [0, 0.1) is 6.92 Å². The van der Waals surface area contributed by atoms with E-state index < -0.39 is 28.7 Å². The zero-order valence-electron chi connectivity index (χ0n) is 16.8. The maximum absolute atomic E-state index is 12.7. The van der Waals surface area contributed by atoms with Gasteiger partial charge >= 0.3 is 6.18 Å². The lowest BCUT2D eigenvalue weighted by Gasteiger charge is -2.13. The normalized spacial score (nSPS) is 11.6. The fraction of sp³-hybridized carbons (Fsp3) is 0.300. The molecule has 0 radical (unpaired) electrons. The number of aryl methyl sites for hydroxylation is 1. The van der Waals surface area contributed by atoms with E-state index in [2.05, 4.69) is 10.0 Å². The number of halogens is 3. The number of alkyl halides is 3. The summed E-state index contributed by atoms with van der Waals surface area (Å²) in [6.45, 7) is 1.88. The van der Waals surface area contributed by atoms with E-state index in [-0.39, 0.29) is 22.9 Å². The van der Waals surface area contributed by atoms with Gasteiger partial charge in [-0.1, -0.05) is 19.1 Å². The van der Waals surface area contributed by atoms with E-state index in [0.29, 0.717) is 23.2 Å². The molecule has 0 aliphatic carbocycles. The molecular weight excluding hydrogens is 435 g/mol. The molecule has 0 unspecified atom stereocenters. The molecule has 2 amide bonds. The van der Waals surface area contributed by atoms with Gasteiger partial charge in [-0.2, -0.15) is 13.2 Å². The third-order valence-electron chi connectivity index (χ3n) is 4.13. The average Bonchev–Trinajstić information content (AvgIpc) is 2.67. The number of rotatable bonds is 8. The van der Waals surface area contributed by atoms with Crippen LogP contribution in [-0.4, -0.2) is 33.0 Å². The highest BCUT2D eigenvalue weighted by Crippen LogP contribution is 2.23. The summed E-state index contributed by atoms with van der Waals surface area (Å²) in [5.41, 5.74) is 1.56. The molecule has 0 aliphatic rings. The molecule has 0 fully saturated rings. The van der Waals surface area contributed by atoms with Gasteiger partial charge in [0.1, 0.15) is 6.54 Å². The number of amides is 2. The molecule has 0 bridgehead atoms. The minimum absolute atomic E-state index is 0.0256. The van der Waals surface area contributed by atoms with Crippen molar-refractivity contribution in [2.24, 2.45) is 0 Å². The van der Waals surface area contributed by atoms with E-state index >= 15 is 0 Å². The van der Waals surface area contributed by atoms with Crippen LogP contribution in [-0.2, 0) is 26.0 Å². The Labute approximate surface area is 178 Å². The average molecular weight is 457 g/mol. The Balaban J connectivity index is 2.05. The lowest BCUT2D eigenvalue weighted by molar-refractivity contribution is -0.138. The van der Waals surface area contributed by atoms with E-state index in [4.69, 9.17) is 0 Å². The molecule has 0 spiro atoms. The quantitative estimate of drug-likeness (QED) is 0.565. The van der Waals surface area contributed by atoms with Gasteiger partial charge in [-0.25, -0.2) is 8.42 Å². The Hall–Kier alpha value is -3.08. The van der Waals surface area contributed by atoms with Crippen molar-refractivity contribution in [2.45, 2.75) is 37.8 Å². The van der Waals surface area contributed by atoms with Gasteiger partial charge in [-0.3, -0.25) is 14.3 Å². The van der Waals surface area contributed by atoms with Gasteiger partial charge in [0, 0.05) is 17.8 Å². The van der Waals surface area contributed by atoms with Crippen molar-refractivity contribution in [1.29, 1.82) is 0 Å². The lowest BCUT2D eigenvalue weighted by atomic mass is 10.1. The van der Waals surface area contributed by atoms with Crippen molar-refractivity contribution in [2.75, 3.05) is 16.6 Å². The fourth-order valence-electron chi connectivity index (χ4n) is 2.63. The summed E-state index contributed by atoms with van der Waals surface area (Å²) in [5.74, 6) is -0.989. The van der Waals surface area contributed by atoms with Crippen molar-refractivity contribution < 1.29 is 31.2 Å². The molecular formula is C20H22F3N3O4S. The third-order valence-corrected chi connectivity index (χ3v) is 5.67. The lowest BCUT2D eigenvalue weighted by Crippen LogP contribution is -2.34. The molecule has 0 atom stereocenters. The van der Waals surface area contributed by atoms with Crippen LogP contribution in [0.5, 0.6) is 0 Å². The fourth-order valence-corrected chi connectivity index (χ4v) is 3.91. The van der Waals surface area contributed by atoms with Crippen molar-refractivity contribution in [3.63, 3.8) is 0 Å². The summed E-state index contributed by atoms with van der Waals surface area (Å²) in [6, 6.07) is 10.1. The maximum Gasteiger partial charge on any atom is 0.405 e. The molecule has 0 saturated carbocycles. The summed E-state index contributed by atoms with van der Waals surface area (Å²) < 4.78 is 64.2. The molecule has 0 heterocycles. The molecule has 168 valence electrons. The van der Waals surface area contributed by atoms with Crippen molar-refractivity contribution in [1.82, 2.24) is 5.32 Å². The van der Waals surface area contributed by atoms with Gasteiger partial charge in [0.2, 0.25) is 11.8 Å². The third kappa shape index (κ3) is 7.59. The minimum Gasteiger partial charge on any atom is -0.347 e. The van der Waals surface area contributed by atoms with Crippen molar-refractivity contribution in [3.05, 3.63) is 53.6 Å². The number of nitrogens with one attached hydrogen (secondary N) is 3. The van der Waals surface area contributed by atoms with Crippen LogP contribution in [0.25, 0.3) is 0 Å². The van der Waals surface area contributed by atoms with Crippen molar-refractivity contribution in [3.8, 4) is 0 Å². The Morgan fingerprint density at radius 1 is 0.968 bits per heavy atom. The monoisotopic (exact) mass is 457 g/mol. The molecule has 31 heavy (non-hydrogen) atoms. The summed E-state index contributed by atoms with van der Waals surface area (Å²) in [4.78, 5) is 23.1. The van der Waals surface area contributed by atoms with Crippen LogP contribution in [0.15, 0.2) is 47.4 Å². The maximum atomic E-state index is 12.7. The number of carbonyl (C=O) groups is 2. The number of hydrogen-bond acceptors (Lipinski definition) is 4. The second-order valence-electron chi connectivity index (χ2n) is 6.75. The number of carbonyl (C=O) groups excluding carboxylic acids is 2. The zero-order valence-corrected chi connectivity index (χ0v) is 17.7. The summed E-state index contributed by atoms with van der Waals surface area (Å²) >= 11 is 0. The van der Waals surface area contributed by atoms with Gasteiger partial charge in [0.25, 0.3) is 10.0 Å². The number of anilines is 2. The molecule has 11 heteroatoms. The van der Waals surface area contributed by atoms with Gasteiger partial charge in [0.15, 0.2) is 0 Å². The Morgan fingerprint density at radius 2 is 1.58 bits per heavy atom. The molecule has 0 aliphatic heterocycles. The first kappa shape index (κ1) is 24.2. The SMILES string of the molecule is CCC(=O)Nc1ccc(S(=O)(=O)Nc2ccc(CC(=O)NCC(F)(F)F)cc2)c(C)c1. The predicted molar refractivity (Wildman–Crippen MR) is 110 cm³/mol. The highest BCUT2D eigenvalue weighted by atomic mass is 32.2. The number of hydrogen-bond donors (Lipinski definition) is 3.